The summed E-state index contributed by atoms with van der Waals surface area (Å²) in [6.45, 7) is 3.26. The van der Waals surface area contributed by atoms with Crippen molar-refractivity contribution in [1.29, 1.82) is 0 Å². The number of fused-ring (bicyclic) bond motifs is 2. The molecule has 2 aromatic carbocycles. The van der Waals surface area contributed by atoms with Crippen LogP contribution in [-0.2, 0) is 15.0 Å². The second kappa shape index (κ2) is 9.73. The number of halogens is 2. The first-order valence-corrected chi connectivity index (χ1v) is 10.6. The molecule has 0 bridgehead atoms. The molecule has 8 heteroatoms. The minimum atomic E-state index is -1.26. The van der Waals surface area contributed by atoms with E-state index in [4.69, 9.17) is 33.4 Å². The zero-order chi connectivity index (χ0) is 22.6. The second-order valence-electron chi connectivity index (χ2n) is 7.79. The van der Waals surface area contributed by atoms with Crippen molar-refractivity contribution in [3.05, 3.63) is 70.2 Å². The van der Waals surface area contributed by atoms with E-state index < -0.39 is 11.9 Å². The van der Waals surface area contributed by atoms with E-state index in [1.165, 1.54) is 24.1 Å². The van der Waals surface area contributed by atoms with Gasteiger partial charge in [0.25, 0.3) is 0 Å². The van der Waals surface area contributed by atoms with E-state index in [1.54, 1.807) is 0 Å². The van der Waals surface area contributed by atoms with Gasteiger partial charge >= 0.3 is 11.9 Å². The Kier molecular flexibility index (Phi) is 7.26. The van der Waals surface area contributed by atoms with E-state index in [1.807, 2.05) is 24.3 Å². The number of piperidine rings is 1. The molecule has 0 saturated carbocycles. The normalized spacial score (nSPS) is 17.3. The highest BCUT2D eigenvalue weighted by Gasteiger charge is 2.44. The van der Waals surface area contributed by atoms with Crippen LogP contribution in [0.1, 0.15) is 18.4 Å². The van der Waals surface area contributed by atoms with Gasteiger partial charge in [0.1, 0.15) is 0 Å². The van der Waals surface area contributed by atoms with E-state index in [0.29, 0.717) is 12.2 Å². The van der Waals surface area contributed by atoms with Gasteiger partial charge in [-0.05, 0) is 62.8 Å². The Bertz CT molecular complexity index is 985. The van der Waals surface area contributed by atoms with E-state index in [9.17, 15) is 9.59 Å². The van der Waals surface area contributed by atoms with Crippen LogP contribution in [0.3, 0.4) is 0 Å². The average molecular weight is 463 g/mol. The molecule has 2 aliphatic heterocycles. The van der Waals surface area contributed by atoms with E-state index in [0.717, 1.165) is 35.4 Å². The Morgan fingerprint density at radius 3 is 2.16 bits per heavy atom. The molecule has 2 heterocycles. The van der Waals surface area contributed by atoms with Crippen LogP contribution in [-0.4, -0.2) is 53.7 Å². The predicted octanol–water partition coefficient (Wildman–Crippen LogP) is 4.82. The molecular weight excluding hydrogens is 439 g/mol. The summed E-state index contributed by atoms with van der Waals surface area (Å²) < 4.78 is 0. The van der Waals surface area contributed by atoms with Gasteiger partial charge in [0.05, 0.1) is 10.7 Å². The molecule has 1 fully saturated rings. The number of hydrogen-bond donors (Lipinski definition) is 2. The Hall–Kier alpha value is -2.54. The average Bonchev–Trinajstić information content (AvgIpc) is 3.03. The van der Waals surface area contributed by atoms with Gasteiger partial charge in [0.15, 0.2) is 0 Å². The smallest absolute Gasteiger partial charge is 0.328 e. The van der Waals surface area contributed by atoms with Crippen LogP contribution >= 0.6 is 23.2 Å². The van der Waals surface area contributed by atoms with Crippen LogP contribution in [0, 0.1) is 0 Å². The lowest BCUT2D eigenvalue weighted by atomic mass is 9.74. The summed E-state index contributed by atoms with van der Waals surface area (Å²) in [7, 11) is 2.20. The van der Waals surface area contributed by atoms with Crippen LogP contribution in [0.5, 0.6) is 0 Å². The third kappa shape index (κ3) is 5.39. The van der Waals surface area contributed by atoms with Crippen molar-refractivity contribution in [1.82, 2.24) is 4.90 Å². The summed E-state index contributed by atoms with van der Waals surface area (Å²) in [4.78, 5) is 23.9. The summed E-state index contributed by atoms with van der Waals surface area (Å²) in [6, 6.07) is 14.4. The molecule has 2 aromatic rings. The molecule has 0 atom stereocenters. The van der Waals surface area contributed by atoms with Crippen molar-refractivity contribution in [2.45, 2.75) is 18.3 Å². The molecule has 2 N–H and O–H groups in total. The molecule has 0 aliphatic carbocycles. The van der Waals surface area contributed by atoms with Crippen molar-refractivity contribution in [2.24, 2.45) is 0 Å². The molecule has 6 nitrogen and oxygen atoms in total. The fourth-order valence-corrected chi connectivity index (χ4v) is 4.56. The number of likely N-dealkylation sites (tertiary alicyclic amines) is 1. The zero-order valence-corrected chi connectivity index (χ0v) is 18.6. The number of carboxylic acids is 2. The van der Waals surface area contributed by atoms with Crippen LogP contribution in [0.15, 0.2) is 54.6 Å². The van der Waals surface area contributed by atoms with Gasteiger partial charge in [0, 0.05) is 34.8 Å². The standard InChI is InChI=1S/C19H20Cl2N2.C4H4O4/c1-22-10-8-19(9-11-22)13-23(17-5-3-2-4-16(17)21)18-12-14(20)6-7-15(18)19;5-3(6)1-2-4(7)8/h2-7,12H,8-11,13H2,1H3;1-2H,(H,5,6)(H,7,8). The summed E-state index contributed by atoms with van der Waals surface area (Å²) in [5.74, 6) is -2.51. The highest BCUT2D eigenvalue weighted by atomic mass is 35.5. The van der Waals surface area contributed by atoms with Crippen molar-refractivity contribution >= 4 is 46.5 Å². The Morgan fingerprint density at radius 1 is 0.968 bits per heavy atom. The fraction of sp³-hybridized carbons (Fsp3) is 0.304. The number of anilines is 2. The van der Waals surface area contributed by atoms with E-state index >= 15 is 0 Å². The molecule has 0 radical (unpaired) electrons. The monoisotopic (exact) mass is 462 g/mol. The maximum atomic E-state index is 9.55. The lowest BCUT2D eigenvalue weighted by Gasteiger charge is -2.38. The van der Waals surface area contributed by atoms with Gasteiger partial charge in [0.2, 0.25) is 0 Å². The van der Waals surface area contributed by atoms with Crippen molar-refractivity contribution in [3.63, 3.8) is 0 Å². The highest BCUT2D eigenvalue weighted by Crippen LogP contribution is 2.51. The molecule has 0 aromatic heterocycles. The second-order valence-corrected chi connectivity index (χ2v) is 8.64. The summed E-state index contributed by atoms with van der Waals surface area (Å²) >= 11 is 12.8. The van der Waals surface area contributed by atoms with Crippen molar-refractivity contribution in [3.8, 4) is 0 Å². The largest absolute Gasteiger partial charge is 0.478 e. The van der Waals surface area contributed by atoms with Crippen molar-refractivity contribution in [2.75, 3.05) is 31.6 Å². The first-order chi connectivity index (χ1) is 14.7. The number of rotatable bonds is 3. The van der Waals surface area contributed by atoms with Gasteiger partial charge in [-0.1, -0.05) is 41.4 Å². The number of nitrogens with zero attached hydrogens (tertiary/aromatic N) is 2. The summed E-state index contributed by atoms with van der Waals surface area (Å²) in [5.41, 5.74) is 3.93. The summed E-state index contributed by atoms with van der Waals surface area (Å²) in [6.07, 6.45) is 3.48. The fourth-order valence-electron chi connectivity index (χ4n) is 4.15. The van der Waals surface area contributed by atoms with Crippen LogP contribution in [0.2, 0.25) is 10.0 Å². The third-order valence-electron chi connectivity index (χ3n) is 5.74. The maximum absolute atomic E-state index is 9.55. The molecule has 4 rings (SSSR count). The number of benzene rings is 2. The number of aliphatic carboxylic acids is 2. The van der Waals surface area contributed by atoms with E-state index in [-0.39, 0.29) is 5.41 Å². The molecule has 31 heavy (non-hydrogen) atoms. The molecule has 164 valence electrons. The zero-order valence-electron chi connectivity index (χ0n) is 17.1. The first-order valence-electron chi connectivity index (χ1n) is 9.86. The predicted molar refractivity (Wildman–Crippen MR) is 123 cm³/mol. The number of hydrogen-bond acceptors (Lipinski definition) is 4. The number of para-hydroxylation sites is 1. The lowest BCUT2D eigenvalue weighted by molar-refractivity contribution is -0.134. The SMILES string of the molecule is CN1CCC2(CC1)CN(c1ccccc1Cl)c1cc(Cl)ccc12.O=C(O)C=CC(=O)O. The van der Waals surface area contributed by atoms with Gasteiger partial charge in [-0.2, -0.15) is 0 Å². The van der Waals surface area contributed by atoms with E-state index in [2.05, 4.69) is 35.0 Å². The topological polar surface area (TPSA) is 81.1 Å². The minimum absolute atomic E-state index is 0.214. The van der Waals surface area contributed by atoms with Crippen LogP contribution in [0.25, 0.3) is 0 Å². The number of carbonyl (C=O) groups is 2. The molecule has 0 amide bonds. The van der Waals surface area contributed by atoms with Crippen molar-refractivity contribution < 1.29 is 19.8 Å². The molecule has 2 aliphatic rings. The highest BCUT2D eigenvalue weighted by molar-refractivity contribution is 6.33. The number of carboxylic acid groups (broad SMARTS) is 2. The van der Waals surface area contributed by atoms with Gasteiger partial charge < -0.3 is 20.0 Å². The van der Waals surface area contributed by atoms with Gasteiger partial charge in [-0.25, -0.2) is 9.59 Å². The van der Waals surface area contributed by atoms with Gasteiger partial charge in [-0.3, -0.25) is 0 Å². The van der Waals surface area contributed by atoms with Gasteiger partial charge in [-0.15, -0.1) is 0 Å². The van der Waals surface area contributed by atoms with Crippen LogP contribution in [0.4, 0.5) is 11.4 Å². The molecule has 0 unspecified atom stereocenters. The molecule has 1 saturated heterocycles. The Balaban J connectivity index is 0.000000293. The third-order valence-corrected chi connectivity index (χ3v) is 6.29. The molecular formula is C23H24Cl2N2O4. The van der Waals surface area contributed by atoms with Crippen LogP contribution < -0.4 is 4.90 Å². The summed E-state index contributed by atoms with van der Waals surface area (Å²) in [5, 5.41) is 17.2. The maximum Gasteiger partial charge on any atom is 0.328 e. The minimum Gasteiger partial charge on any atom is -0.478 e. The first kappa shape index (κ1) is 23.1. The lowest BCUT2D eigenvalue weighted by Crippen LogP contribution is -2.43. The molecule has 1 spiro atoms. The Morgan fingerprint density at radius 2 is 1.58 bits per heavy atom. The quantitative estimate of drug-likeness (QED) is 0.636. The Labute approximate surface area is 191 Å².